The molecule has 0 saturated carbocycles. The molecule has 0 saturated heterocycles. The Morgan fingerprint density at radius 3 is 2.58 bits per heavy atom. The van der Waals surface area contributed by atoms with E-state index in [1.807, 2.05) is 18.2 Å². The molecule has 1 amide bonds. The van der Waals surface area contributed by atoms with Gasteiger partial charge in [0.05, 0.1) is 17.3 Å². The molecule has 0 atom stereocenters. The Balaban J connectivity index is 2.13. The number of aromatic nitrogens is 1. The first kappa shape index (κ1) is 18.0. The van der Waals surface area contributed by atoms with Crippen molar-refractivity contribution in [2.75, 3.05) is 7.11 Å². The summed E-state index contributed by atoms with van der Waals surface area (Å²) in [7, 11) is 1.31. The zero-order valence-corrected chi connectivity index (χ0v) is 15.2. The minimum absolute atomic E-state index is 0.0441. The number of thiazole rings is 1. The van der Waals surface area contributed by atoms with Crippen LogP contribution in [-0.2, 0) is 22.5 Å². The lowest BCUT2D eigenvalue weighted by molar-refractivity contribution is -0.141. The van der Waals surface area contributed by atoms with Gasteiger partial charge in [-0.1, -0.05) is 24.3 Å². The first-order valence-electron chi connectivity index (χ1n) is 8.05. The van der Waals surface area contributed by atoms with E-state index in [4.69, 9.17) is 4.74 Å². The van der Waals surface area contributed by atoms with Crippen molar-refractivity contribution in [1.82, 2.24) is 4.57 Å². The number of nitrogens with zero attached hydrogens (tertiary/aromatic N) is 2. The Kier molecular flexibility index (Phi) is 5.27. The maximum absolute atomic E-state index is 13.0. The molecule has 0 N–H and O–H groups in total. The third kappa shape index (κ3) is 3.72. The van der Waals surface area contributed by atoms with Gasteiger partial charge in [-0.2, -0.15) is 4.99 Å². The number of ether oxygens (including phenoxy) is 1. The van der Waals surface area contributed by atoms with Crippen LogP contribution >= 0.6 is 11.3 Å². The second-order valence-corrected chi connectivity index (χ2v) is 6.64. The average Bonchev–Trinajstić information content (AvgIpc) is 2.98. The largest absolute Gasteiger partial charge is 0.468 e. The van der Waals surface area contributed by atoms with E-state index in [-0.39, 0.29) is 12.1 Å². The SMILES string of the molecule is CCc1ccc2c(c1)sc(=NC(=O)c1ccc(F)cc1)n2CC(=O)OC. The van der Waals surface area contributed by atoms with E-state index in [9.17, 15) is 14.0 Å². The Morgan fingerprint density at radius 2 is 1.92 bits per heavy atom. The molecular formula is C19H17FN2O3S. The van der Waals surface area contributed by atoms with E-state index in [2.05, 4.69) is 11.9 Å². The van der Waals surface area contributed by atoms with Crippen LogP contribution < -0.4 is 4.80 Å². The highest BCUT2D eigenvalue weighted by atomic mass is 32.1. The molecule has 7 heteroatoms. The molecule has 0 bridgehead atoms. The highest BCUT2D eigenvalue weighted by Gasteiger charge is 2.13. The quantitative estimate of drug-likeness (QED) is 0.660. The Labute approximate surface area is 153 Å². The summed E-state index contributed by atoms with van der Waals surface area (Å²) < 4.78 is 20.4. The summed E-state index contributed by atoms with van der Waals surface area (Å²) in [6, 6.07) is 11.1. The third-order valence-corrected chi connectivity index (χ3v) is 5.00. The van der Waals surface area contributed by atoms with Crippen LogP contribution in [0.3, 0.4) is 0 Å². The van der Waals surface area contributed by atoms with Crippen LogP contribution in [0.25, 0.3) is 10.2 Å². The topological polar surface area (TPSA) is 60.7 Å². The van der Waals surface area contributed by atoms with Gasteiger partial charge in [0.2, 0.25) is 0 Å². The van der Waals surface area contributed by atoms with Gasteiger partial charge in [-0.25, -0.2) is 4.39 Å². The number of fused-ring (bicyclic) bond motifs is 1. The third-order valence-electron chi connectivity index (χ3n) is 3.96. The molecule has 1 aromatic heterocycles. The number of carbonyl (C=O) groups excluding carboxylic acids is 2. The van der Waals surface area contributed by atoms with Gasteiger partial charge in [0.25, 0.3) is 5.91 Å². The zero-order chi connectivity index (χ0) is 18.7. The predicted molar refractivity (Wildman–Crippen MR) is 97.5 cm³/mol. The van der Waals surface area contributed by atoms with Crippen LogP contribution in [0.5, 0.6) is 0 Å². The second-order valence-electron chi connectivity index (χ2n) is 5.63. The molecule has 1 heterocycles. The fourth-order valence-corrected chi connectivity index (χ4v) is 3.60. The number of hydrogen-bond donors (Lipinski definition) is 0. The molecule has 26 heavy (non-hydrogen) atoms. The highest BCUT2D eigenvalue weighted by Crippen LogP contribution is 2.20. The van der Waals surface area contributed by atoms with Gasteiger partial charge < -0.3 is 9.30 Å². The molecule has 0 radical (unpaired) electrons. The highest BCUT2D eigenvalue weighted by molar-refractivity contribution is 7.16. The minimum Gasteiger partial charge on any atom is -0.468 e. The second kappa shape index (κ2) is 7.61. The van der Waals surface area contributed by atoms with Gasteiger partial charge in [0.15, 0.2) is 4.80 Å². The van der Waals surface area contributed by atoms with Crippen LogP contribution in [0, 0.1) is 5.82 Å². The van der Waals surface area contributed by atoms with Crippen LogP contribution in [0.15, 0.2) is 47.5 Å². The summed E-state index contributed by atoms with van der Waals surface area (Å²) in [4.78, 5) is 28.8. The van der Waals surface area contributed by atoms with Crippen molar-refractivity contribution >= 4 is 33.4 Å². The molecule has 134 valence electrons. The fourth-order valence-electron chi connectivity index (χ4n) is 2.51. The Bertz CT molecular complexity index is 1040. The van der Waals surface area contributed by atoms with Gasteiger partial charge in [-0.3, -0.25) is 9.59 Å². The Morgan fingerprint density at radius 1 is 1.19 bits per heavy atom. The summed E-state index contributed by atoms with van der Waals surface area (Å²) in [6.07, 6.45) is 0.881. The van der Waals surface area contributed by atoms with Crippen LogP contribution in [0.2, 0.25) is 0 Å². The van der Waals surface area contributed by atoms with Crippen molar-refractivity contribution < 1.29 is 18.7 Å². The lowest BCUT2D eigenvalue weighted by Gasteiger charge is -2.04. The summed E-state index contributed by atoms with van der Waals surface area (Å²) in [6.45, 7) is 2.01. The van der Waals surface area contributed by atoms with Crippen molar-refractivity contribution in [3.05, 3.63) is 64.2 Å². The lowest BCUT2D eigenvalue weighted by atomic mass is 10.2. The molecule has 0 fully saturated rings. The average molecular weight is 372 g/mol. The first-order chi connectivity index (χ1) is 12.5. The molecule has 0 aliphatic rings. The number of hydrogen-bond acceptors (Lipinski definition) is 4. The van der Waals surface area contributed by atoms with Crippen molar-refractivity contribution in [3.63, 3.8) is 0 Å². The maximum atomic E-state index is 13.0. The van der Waals surface area contributed by atoms with E-state index in [0.29, 0.717) is 4.80 Å². The first-order valence-corrected chi connectivity index (χ1v) is 8.87. The summed E-state index contributed by atoms with van der Waals surface area (Å²) in [5.41, 5.74) is 2.24. The summed E-state index contributed by atoms with van der Waals surface area (Å²) in [5.74, 6) is -1.35. The molecular weight excluding hydrogens is 355 g/mol. The van der Waals surface area contributed by atoms with E-state index >= 15 is 0 Å². The van der Waals surface area contributed by atoms with Gasteiger partial charge in [0, 0.05) is 5.56 Å². The lowest BCUT2D eigenvalue weighted by Crippen LogP contribution is -2.22. The maximum Gasteiger partial charge on any atom is 0.325 e. The molecule has 3 aromatic rings. The minimum atomic E-state index is -0.495. The number of esters is 1. The fraction of sp³-hybridized carbons (Fsp3) is 0.211. The van der Waals surface area contributed by atoms with Crippen molar-refractivity contribution in [2.45, 2.75) is 19.9 Å². The number of benzene rings is 2. The van der Waals surface area contributed by atoms with E-state index < -0.39 is 17.7 Å². The van der Waals surface area contributed by atoms with Gasteiger partial charge in [-0.15, -0.1) is 0 Å². The van der Waals surface area contributed by atoms with Crippen molar-refractivity contribution in [3.8, 4) is 0 Å². The number of amides is 1. The van der Waals surface area contributed by atoms with Crippen LogP contribution in [0.1, 0.15) is 22.8 Å². The smallest absolute Gasteiger partial charge is 0.325 e. The molecule has 0 aliphatic carbocycles. The number of methoxy groups -OCH3 is 1. The number of carbonyl (C=O) groups is 2. The summed E-state index contributed by atoms with van der Waals surface area (Å²) in [5, 5.41) is 0. The summed E-state index contributed by atoms with van der Waals surface area (Å²) >= 11 is 1.33. The normalized spacial score (nSPS) is 11.7. The van der Waals surface area contributed by atoms with Crippen molar-refractivity contribution in [2.24, 2.45) is 4.99 Å². The number of rotatable bonds is 4. The monoisotopic (exact) mass is 372 g/mol. The molecule has 0 aliphatic heterocycles. The van der Waals surface area contributed by atoms with E-state index in [1.165, 1.54) is 42.7 Å². The number of aryl methyl sites for hydroxylation is 1. The zero-order valence-electron chi connectivity index (χ0n) is 14.4. The molecule has 3 rings (SSSR count). The van der Waals surface area contributed by atoms with Crippen molar-refractivity contribution in [1.29, 1.82) is 0 Å². The number of halogens is 1. The Hall–Kier alpha value is -2.80. The van der Waals surface area contributed by atoms with Gasteiger partial charge in [0.1, 0.15) is 12.4 Å². The van der Waals surface area contributed by atoms with Crippen LogP contribution in [0.4, 0.5) is 4.39 Å². The molecule has 5 nitrogen and oxygen atoms in total. The standard InChI is InChI=1S/C19H17FN2O3S/c1-3-12-4-9-15-16(10-12)26-19(22(15)11-17(23)25-2)21-18(24)13-5-7-14(20)8-6-13/h4-10H,3,11H2,1-2H3. The van der Waals surface area contributed by atoms with E-state index in [0.717, 1.165) is 22.2 Å². The van der Waals surface area contributed by atoms with E-state index in [1.54, 1.807) is 4.57 Å². The molecule has 2 aromatic carbocycles. The van der Waals surface area contributed by atoms with Gasteiger partial charge >= 0.3 is 5.97 Å². The van der Waals surface area contributed by atoms with Crippen LogP contribution in [-0.4, -0.2) is 23.6 Å². The molecule has 0 unspecified atom stereocenters. The molecule has 0 spiro atoms. The van der Waals surface area contributed by atoms with Gasteiger partial charge in [-0.05, 0) is 48.4 Å². The predicted octanol–water partition coefficient (Wildman–Crippen LogP) is 3.32.